The second-order valence-electron chi connectivity index (χ2n) is 8.13. The molecule has 3 rings (SSSR count). The van der Waals surface area contributed by atoms with Crippen LogP contribution in [-0.2, 0) is 12.6 Å². The molecular formula is C22H20F6N4O4. The third kappa shape index (κ3) is 5.22. The van der Waals surface area contributed by atoms with Crippen molar-refractivity contribution in [2.24, 2.45) is 7.05 Å². The highest BCUT2D eigenvalue weighted by Gasteiger charge is 2.30. The van der Waals surface area contributed by atoms with Crippen molar-refractivity contribution in [1.29, 1.82) is 0 Å². The zero-order chi connectivity index (χ0) is 26.9. The minimum atomic E-state index is -3.37. The van der Waals surface area contributed by atoms with E-state index in [0.29, 0.717) is 16.8 Å². The molecule has 0 radical (unpaired) electrons. The van der Waals surface area contributed by atoms with Gasteiger partial charge in [-0.3, -0.25) is 9.36 Å². The van der Waals surface area contributed by atoms with E-state index >= 15 is 4.39 Å². The van der Waals surface area contributed by atoms with Crippen LogP contribution < -0.4 is 15.7 Å². The third-order valence-electron chi connectivity index (χ3n) is 4.96. The number of nitrogens with zero attached hydrogens (tertiary/aromatic N) is 3. The first-order valence-corrected chi connectivity index (χ1v) is 10.2. The number of aromatic nitrogens is 3. The van der Waals surface area contributed by atoms with E-state index in [9.17, 15) is 36.6 Å². The van der Waals surface area contributed by atoms with E-state index in [0.717, 1.165) is 22.8 Å². The van der Waals surface area contributed by atoms with Crippen molar-refractivity contribution in [3.05, 3.63) is 69.7 Å². The van der Waals surface area contributed by atoms with E-state index in [1.54, 1.807) is 0 Å². The maximum atomic E-state index is 15.1. The number of aliphatic hydroxyl groups is 1. The summed E-state index contributed by atoms with van der Waals surface area (Å²) >= 11 is 0. The molecule has 1 heterocycles. The lowest BCUT2D eigenvalue weighted by Crippen LogP contribution is -2.29. The molecule has 194 valence electrons. The number of halogens is 6. The average molecular weight is 518 g/mol. The number of amides is 1. The van der Waals surface area contributed by atoms with Crippen molar-refractivity contribution < 1.29 is 41.0 Å². The van der Waals surface area contributed by atoms with E-state index < -0.39 is 76.5 Å². The van der Waals surface area contributed by atoms with Crippen LogP contribution in [0.2, 0.25) is 0 Å². The Morgan fingerprint density at radius 2 is 1.78 bits per heavy atom. The zero-order valence-electron chi connectivity index (χ0n) is 19.0. The second kappa shape index (κ2) is 10.0. The van der Waals surface area contributed by atoms with Crippen LogP contribution in [-0.4, -0.2) is 44.6 Å². The third-order valence-corrected chi connectivity index (χ3v) is 4.96. The van der Waals surface area contributed by atoms with Gasteiger partial charge in [0.2, 0.25) is 0 Å². The maximum Gasteiger partial charge on any atom is 0.350 e. The van der Waals surface area contributed by atoms with Gasteiger partial charge >= 0.3 is 5.69 Å². The van der Waals surface area contributed by atoms with Crippen LogP contribution in [0.3, 0.4) is 0 Å². The first-order chi connectivity index (χ1) is 16.8. The van der Waals surface area contributed by atoms with Crippen LogP contribution in [0.4, 0.5) is 32.0 Å². The average Bonchev–Trinajstić information content (AvgIpc) is 3.09. The van der Waals surface area contributed by atoms with Crippen molar-refractivity contribution in [1.82, 2.24) is 14.3 Å². The Morgan fingerprint density at radius 3 is 2.28 bits per heavy atom. The van der Waals surface area contributed by atoms with Crippen LogP contribution >= 0.6 is 0 Å². The summed E-state index contributed by atoms with van der Waals surface area (Å²) in [5.41, 5.74) is -5.04. The number of rotatable bonds is 8. The van der Waals surface area contributed by atoms with Gasteiger partial charge in [0, 0.05) is 13.1 Å². The molecule has 0 bridgehead atoms. The number of alkyl halides is 3. The molecule has 2 N–H and O–H groups in total. The molecule has 8 nitrogen and oxygen atoms in total. The molecule has 0 saturated carbocycles. The van der Waals surface area contributed by atoms with Crippen molar-refractivity contribution >= 4 is 11.6 Å². The minimum absolute atomic E-state index is 0.194. The highest BCUT2D eigenvalue weighted by atomic mass is 19.3. The van der Waals surface area contributed by atoms with Gasteiger partial charge in [0.15, 0.2) is 11.9 Å². The number of carbonyl (C=O) groups excluding carboxylic acids is 1. The van der Waals surface area contributed by atoms with Crippen LogP contribution in [0.25, 0.3) is 5.69 Å². The summed E-state index contributed by atoms with van der Waals surface area (Å²) in [4.78, 5) is 25.4. The number of para-hydroxylation sites is 1. The molecule has 0 aliphatic carbocycles. The van der Waals surface area contributed by atoms with Gasteiger partial charge in [-0.25, -0.2) is 31.1 Å². The molecule has 0 unspecified atom stereocenters. The van der Waals surface area contributed by atoms with E-state index in [2.05, 4.69) is 5.10 Å². The molecule has 1 aromatic heterocycles. The Balaban J connectivity index is 2.17. The van der Waals surface area contributed by atoms with Gasteiger partial charge in [0.25, 0.3) is 12.3 Å². The fourth-order valence-corrected chi connectivity index (χ4v) is 3.22. The number of ether oxygens (including phenoxy) is 1. The SMILES string of the molecule is Cn1c(C(C)(C)O)nn(-c2cc(O[C@@H](CF)C(F)F)c(C(=O)Nc3c(F)cccc3F)cc2F)c1=O. The van der Waals surface area contributed by atoms with Crippen LogP contribution in [0.5, 0.6) is 5.75 Å². The lowest BCUT2D eigenvalue weighted by molar-refractivity contribution is -0.00159. The molecule has 0 aliphatic heterocycles. The number of nitrogens with one attached hydrogen (secondary N) is 1. The Labute approximate surface area is 199 Å². The van der Waals surface area contributed by atoms with E-state index in [4.69, 9.17) is 4.74 Å². The molecule has 2 aromatic carbocycles. The topological polar surface area (TPSA) is 98.4 Å². The Kier molecular flexibility index (Phi) is 7.48. The number of carbonyl (C=O) groups is 1. The van der Waals surface area contributed by atoms with Crippen molar-refractivity contribution in [2.75, 3.05) is 12.0 Å². The summed E-state index contributed by atoms with van der Waals surface area (Å²) < 4.78 is 88.8. The summed E-state index contributed by atoms with van der Waals surface area (Å²) in [5.74, 6) is -6.06. The standard InChI is InChI=1S/C22H20F6N4O4/c1-22(2,35)20-30-32(21(34)31(20)3)14-8-15(36-16(9-23)18(27)28)10(7-13(14)26)19(33)29-17-11(24)5-4-6-12(17)25/h4-8,16,18,35H,9H2,1-3H3,(H,29,33)/t16-/m0/s1. The number of anilines is 1. The molecule has 14 heteroatoms. The second-order valence-corrected chi connectivity index (χ2v) is 8.13. The van der Waals surface area contributed by atoms with Gasteiger partial charge in [-0.1, -0.05) is 6.07 Å². The maximum absolute atomic E-state index is 15.1. The van der Waals surface area contributed by atoms with Gasteiger partial charge in [-0.15, -0.1) is 5.10 Å². The summed E-state index contributed by atoms with van der Waals surface area (Å²) in [5, 5.41) is 15.9. The summed E-state index contributed by atoms with van der Waals surface area (Å²) in [6.45, 7) is 0.890. The fraction of sp³-hybridized carbons (Fsp3) is 0.318. The Bertz CT molecular complexity index is 1330. The number of hydrogen-bond acceptors (Lipinski definition) is 5. The molecular weight excluding hydrogens is 498 g/mol. The molecule has 1 atom stereocenters. The first-order valence-electron chi connectivity index (χ1n) is 10.2. The van der Waals surface area contributed by atoms with E-state index in [1.807, 2.05) is 5.32 Å². The van der Waals surface area contributed by atoms with Gasteiger partial charge in [-0.05, 0) is 32.0 Å². The monoisotopic (exact) mass is 518 g/mol. The summed E-state index contributed by atoms with van der Waals surface area (Å²) in [6.07, 6.45) is -5.77. The molecule has 3 aromatic rings. The minimum Gasteiger partial charge on any atom is -0.481 e. The normalized spacial score (nSPS) is 12.6. The summed E-state index contributed by atoms with van der Waals surface area (Å²) in [6, 6.07) is 3.75. The molecule has 0 fully saturated rings. The lowest BCUT2D eigenvalue weighted by atomic mass is 10.1. The Morgan fingerprint density at radius 1 is 1.17 bits per heavy atom. The van der Waals surface area contributed by atoms with Gasteiger partial charge in [-0.2, -0.15) is 4.68 Å². The van der Waals surface area contributed by atoms with E-state index in [-0.39, 0.29) is 5.82 Å². The van der Waals surface area contributed by atoms with Gasteiger partial charge in [0.05, 0.1) is 5.56 Å². The molecule has 0 spiro atoms. The summed E-state index contributed by atoms with van der Waals surface area (Å²) in [7, 11) is 1.23. The highest BCUT2D eigenvalue weighted by Crippen LogP contribution is 2.29. The first kappa shape index (κ1) is 26.8. The van der Waals surface area contributed by atoms with Crippen LogP contribution in [0.15, 0.2) is 35.1 Å². The quantitative estimate of drug-likeness (QED) is 0.446. The van der Waals surface area contributed by atoms with Gasteiger partial charge < -0.3 is 15.2 Å². The van der Waals surface area contributed by atoms with Crippen LogP contribution in [0.1, 0.15) is 30.0 Å². The molecule has 0 aliphatic rings. The van der Waals surface area contributed by atoms with E-state index in [1.165, 1.54) is 20.9 Å². The predicted octanol–water partition coefficient (Wildman–Crippen LogP) is 3.45. The molecule has 36 heavy (non-hydrogen) atoms. The van der Waals surface area contributed by atoms with Crippen molar-refractivity contribution in [3.63, 3.8) is 0 Å². The van der Waals surface area contributed by atoms with Crippen LogP contribution in [0, 0.1) is 17.5 Å². The zero-order valence-corrected chi connectivity index (χ0v) is 19.0. The van der Waals surface area contributed by atoms with Crippen molar-refractivity contribution in [2.45, 2.75) is 32.0 Å². The predicted molar refractivity (Wildman–Crippen MR) is 115 cm³/mol. The largest absolute Gasteiger partial charge is 0.481 e. The number of benzene rings is 2. The van der Waals surface area contributed by atoms with Crippen molar-refractivity contribution in [3.8, 4) is 11.4 Å². The smallest absolute Gasteiger partial charge is 0.350 e. The van der Waals surface area contributed by atoms with Gasteiger partial charge in [0.1, 0.15) is 46.9 Å². The fourth-order valence-electron chi connectivity index (χ4n) is 3.22. The highest BCUT2D eigenvalue weighted by molar-refractivity contribution is 6.06. The Hall–Kier alpha value is -3.81. The lowest BCUT2D eigenvalue weighted by Gasteiger charge is -2.19. The molecule has 1 amide bonds. The molecule has 0 saturated heterocycles. The number of hydrogen-bond donors (Lipinski definition) is 2.